The Kier molecular flexibility index (Phi) is 7.46. The van der Waals surface area contributed by atoms with Crippen LogP contribution in [-0.4, -0.2) is 34.9 Å². The Morgan fingerprint density at radius 2 is 1.96 bits per heavy atom. The van der Waals surface area contributed by atoms with E-state index in [0.29, 0.717) is 19.0 Å². The lowest BCUT2D eigenvalue weighted by molar-refractivity contribution is -0.133. The number of amides is 1. The second kappa shape index (κ2) is 10.0. The zero-order valence-electron chi connectivity index (χ0n) is 16.4. The van der Waals surface area contributed by atoms with Crippen molar-refractivity contribution in [1.29, 1.82) is 0 Å². The molecule has 1 amide bonds. The molecule has 2 heterocycles. The van der Waals surface area contributed by atoms with E-state index in [1.807, 2.05) is 24.4 Å². The predicted octanol–water partition coefficient (Wildman–Crippen LogP) is 3.71. The smallest absolute Gasteiger partial charge is 0.227 e. The third kappa shape index (κ3) is 5.12. The average molecular weight is 400 g/mol. The molecule has 1 fully saturated rings. The molecule has 1 aromatic carbocycles. The number of fused-ring (bicyclic) bond motifs is 1. The summed E-state index contributed by atoms with van der Waals surface area (Å²) in [5.74, 6) is 0.227. The molecule has 1 N–H and O–H groups in total. The first-order valence-electron chi connectivity index (χ1n) is 10.3. The molecule has 1 aliphatic carbocycles. The molecule has 2 aromatic rings. The van der Waals surface area contributed by atoms with Gasteiger partial charge in [-0.15, -0.1) is 12.4 Å². The molecule has 0 bridgehead atoms. The van der Waals surface area contributed by atoms with Crippen LogP contribution < -0.4 is 5.32 Å². The van der Waals surface area contributed by atoms with Crippen molar-refractivity contribution >= 4 is 18.3 Å². The van der Waals surface area contributed by atoms with Crippen molar-refractivity contribution in [2.45, 2.75) is 57.5 Å². The number of hydrogen-bond donors (Lipinski definition) is 1. The van der Waals surface area contributed by atoms with Gasteiger partial charge in [0.2, 0.25) is 5.91 Å². The lowest BCUT2D eigenvalue weighted by Gasteiger charge is -2.31. The molecule has 4 rings (SSSR count). The van der Waals surface area contributed by atoms with E-state index >= 15 is 0 Å². The van der Waals surface area contributed by atoms with E-state index in [0.717, 1.165) is 50.0 Å². The maximum Gasteiger partial charge on any atom is 0.227 e. The van der Waals surface area contributed by atoms with Crippen LogP contribution in [0.3, 0.4) is 0 Å². The van der Waals surface area contributed by atoms with Crippen LogP contribution in [0.2, 0.25) is 0 Å². The van der Waals surface area contributed by atoms with Crippen molar-refractivity contribution in [3.8, 4) is 0 Å². The van der Waals surface area contributed by atoms with Gasteiger partial charge in [0.1, 0.15) is 0 Å². The van der Waals surface area contributed by atoms with Crippen LogP contribution in [0.15, 0.2) is 42.6 Å². The Morgan fingerprint density at radius 1 is 1.07 bits per heavy atom. The predicted molar refractivity (Wildman–Crippen MR) is 115 cm³/mol. The number of benzene rings is 1. The molecule has 2 aliphatic rings. The van der Waals surface area contributed by atoms with Crippen molar-refractivity contribution in [3.63, 3.8) is 0 Å². The Bertz CT molecular complexity index is 773. The van der Waals surface area contributed by atoms with E-state index in [1.165, 1.54) is 24.0 Å². The summed E-state index contributed by atoms with van der Waals surface area (Å²) in [5.41, 5.74) is 5.03. The number of aromatic nitrogens is 1. The molecule has 5 heteroatoms. The summed E-state index contributed by atoms with van der Waals surface area (Å²) in [6, 6.07) is 12.9. The quantitative estimate of drug-likeness (QED) is 0.833. The number of pyridine rings is 1. The first kappa shape index (κ1) is 20.8. The van der Waals surface area contributed by atoms with E-state index < -0.39 is 0 Å². The van der Waals surface area contributed by atoms with Gasteiger partial charge in [-0.2, -0.15) is 0 Å². The minimum atomic E-state index is 0. The van der Waals surface area contributed by atoms with Crippen molar-refractivity contribution in [2.24, 2.45) is 0 Å². The summed E-state index contributed by atoms with van der Waals surface area (Å²) < 4.78 is 0. The zero-order chi connectivity index (χ0) is 18.5. The molecule has 150 valence electrons. The number of rotatable bonds is 5. The molecule has 1 unspecified atom stereocenters. The van der Waals surface area contributed by atoms with Gasteiger partial charge in [0.25, 0.3) is 0 Å². The standard InChI is InChI=1S/C23H29N3O.ClH/c27-23(16-18-9-10-19-5-3-6-20(19)15-18)26(17-21-7-1-2-13-25-21)22-8-4-12-24-14-11-22;/h1-2,7,9-10,13,15,22,24H,3-6,8,11-12,14,16-17H2;1H. The summed E-state index contributed by atoms with van der Waals surface area (Å²) in [6.45, 7) is 2.64. The van der Waals surface area contributed by atoms with Crippen LogP contribution in [0, 0.1) is 0 Å². The van der Waals surface area contributed by atoms with Gasteiger partial charge >= 0.3 is 0 Å². The van der Waals surface area contributed by atoms with Crippen molar-refractivity contribution in [2.75, 3.05) is 13.1 Å². The molecule has 28 heavy (non-hydrogen) atoms. The second-order valence-electron chi connectivity index (χ2n) is 7.81. The van der Waals surface area contributed by atoms with Crippen LogP contribution in [0.4, 0.5) is 0 Å². The van der Waals surface area contributed by atoms with Gasteiger partial charge in [-0.05, 0) is 80.4 Å². The normalized spacial score (nSPS) is 18.6. The van der Waals surface area contributed by atoms with Gasteiger partial charge in [-0.1, -0.05) is 24.3 Å². The number of aryl methyl sites for hydroxylation is 2. The Hall–Kier alpha value is -1.91. The second-order valence-corrected chi connectivity index (χ2v) is 7.81. The maximum atomic E-state index is 13.3. The molecule has 1 aliphatic heterocycles. The summed E-state index contributed by atoms with van der Waals surface area (Å²) in [5, 5.41) is 3.46. The Labute approximate surface area is 174 Å². The average Bonchev–Trinajstić information content (AvgIpc) is 2.99. The number of carbonyl (C=O) groups excluding carboxylic acids is 1. The fourth-order valence-electron chi connectivity index (χ4n) is 4.41. The molecule has 0 saturated carbocycles. The topological polar surface area (TPSA) is 45.2 Å². The molecule has 0 radical (unpaired) electrons. The third-order valence-electron chi connectivity index (χ3n) is 5.88. The highest BCUT2D eigenvalue weighted by molar-refractivity contribution is 5.85. The SMILES string of the molecule is Cl.O=C(Cc1ccc2c(c1)CCC2)N(Cc1ccccn1)C1CCCNCC1. The highest BCUT2D eigenvalue weighted by Gasteiger charge is 2.25. The van der Waals surface area contributed by atoms with Gasteiger partial charge in [0.15, 0.2) is 0 Å². The zero-order valence-corrected chi connectivity index (χ0v) is 17.2. The minimum absolute atomic E-state index is 0. The molecule has 4 nitrogen and oxygen atoms in total. The van der Waals surface area contributed by atoms with Gasteiger partial charge < -0.3 is 10.2 Å². The summed E-state index contributed by atoms with van der Waals surface area (Å²) in [6.07, 6.45) is 9.09. The lowest BCUT2D eigenvalue weighted by atomic mass is 10.0. The maximum absolute atomic E-state index is 13.3. The summed E-state index contributed by atoms with van der Waals surface area (Å²) in [4.78, 5) is 19.9. The number of carbonyl (C=O) groups is 1. The fourth-order valence-corrected chi connectivity index (χ4v) is 4.41. The minimum Gasteiger partial charge on any atom is -0.333 e. The van der Waals surface area contributed by atoms with E-state index in [-0.39, 0.29) is 18.3 Å². The Balaban J connectivity index is 0.00000225. The van der Waals surface area contributed by atoms with Crippen LogP contribution in [0.5, 0.6) is 0 Å². The lowest BCUT2D eigenvalue weighted by Crippen LogP contribution is -2.41. The molecule has 0 spiro atoms. The van der Waals surface area contributed by atoms with E-state index in [4.69, 9.17) is 0 Å². The molecular formula is C23H30ClN3O. The molecule has 1 atom stereocenters. The molecule has 1 aromatic heterocycles. The Morgan fingerprint density at radius 3 is 2.82 bits per heavy atom. The number of halogens is 1. The van der Waals surface area contributed by atoms with Gasteiger partial charge in [0.05, 0.1) is 18.7 Å². The highest BCUT2D eigenvalue weighted by Crippen LogP contribution is 2.24. The first-order valence-corrected chi connectivity index (χ1v) is 10.3. The van der Waals surface area contributed by atoms with Crippen molar-refractivity contribution in [1.82, 2.24) is 15.2 Å². The monoisotopic (exact) mass is 399 g/mol. The van der Waals surface area contributed by atoms with E-state index in [1.54, 1.807) is 0 Å². The largest absolute Gasteiger partial charge is 0.333 e. The van der Waals surface area contributed by atoms with Gasteiger partial charge in [0, 0.05) is 12.2 Å². The van der Waals surface area contributed by atoms with Crippen molar-refractivity contribution < 1.29 is 4.79 Å². The highest BCUT2D eigenvalue weighted by atomic mass is 35.5. The number of nitrogens with zero attached hydrogens (tertiary/aromatic N) is 2. The summed E-state index contributed by atoms with van der Waals surface area (Å²) in [7, 11) is 0. The molecule has 1 saturated heterocycles. The van der Waals surface area contributed by atoms with Crippen LogP contribution >= 0.6 is 12.4 Å². The molecular weight excluding hydrogens is 370 g/mol. The van der Waals surface area contributed by atoms with Crippen molar-refractivity contribution in [3.05, 3.63) is 65.0 Å². The van der Waals surface area contributed by atoms with Crippen LogP contribution in [0.1, 0.15) is 48.1 Å². The third-order valence-corrected chi connectivity index (χ3v) is 5.88. The van der Waals surface area contributed by atoms with Crippen LogP contribution in [0.25, 0.3) is 0 Å². The van der Waals surface area contributed by atoms with E-state index in [2.05, 4.69) is 33.4 Å². The summed E-state index contributed by atoms with van der Waals surface area (Å²) >= 11 is 0. The van der Waals surface area contributed by atoms with Gasteiger partial charge in [-0.25, -0.2) is 0 Å². The number of nitrogens with one attached hydrogen (secondary N) is 1. The first-order chi connectivity index (χ1) is 13.3. The number of hydrogen-bond acceptors (Lipinski definition) is 3. The van der Waals surface area contributed by atoms with Gasteiger partial charge in [-0.3, -0.25) is 9.78 Å². The fraction of sp³-hybridized carbons (Fsp3) is 0.478. The van der Waals surface area contributed by atoms with E-state index in [9.17, 15) is 4.79 Å². The van der Waals surface area contributed by atoms with Crippen LogP contribution in [-0.2, 0) is 30.6 Å².